The second-order valence-electron chi connectivity index (χ2n) is 6.89. The maximum Gasteiger partial charge on any atom is 0.239 e. The molecule has 0 radical (unpaired) electrons. The molecule has 5 nitrogen and oxygen atoms in total. The zero-order chi connectivity index (χ0) is 18.6. The third kappa shape index (κ3) is 4.14. The van der Waals surface area contributed by atoms with E-state index in [1.54, 1.807) is 12.1 Å². The van der Waals surface area contributed by atoms with E-state index in [-0.39, 0.29) is 18.5 Å². The second-order valence-corrected chi connectivity index (χ2v) is 7.30. The minimum atomic E-state index is -0.0557. The molecule has 2 aliphatic rings. The molecule has 1 aliphatic carbocycles. The lowest BCUT2D eigenvalue weighted by molar-refractivity contribution is -0.120. The Balaban J connectivity index is 1.39. The van der Waals surface area contributed by atoms with Crippen molar-refractivity contribution in [3.63, 3.8) is 0 Å². The van der Waals surface area contributed by atoms with Crippen LogP contribution >= 0.6 is 11.6 Å². The van der Waals surface area contributed by atoms with Crippen molar-refractivity contribution in [2.24, 2.45) is 0 Å². The highest BCUT2D eigenvalue weighted by Crippen LogP contribution is 2.37. The van der Waals surface area contributed by atoms with E-state index in [2.05, 4.69) is 28.8 Å². The maximum absolute atomic E-state index is 12.5. The Kier molecular flexibility index (Phi) is 5.39. The summed E-state index contributed by atoms with van der Waals surface area (Å²) in [4.78, 5) is 12.5. The van der Waals surface area contributed by atoms with Gasteiger partial charge >= 0.3 is 0 Å². The Morgan fingerprint density at radius 1 is 1.11 bits per heavy atom. The molecule has 2 aromatic rings. The Bertz CT molecular complexity index is 840. The average Bonchev–Trinajstić information content (AvgIpc) is 2.91. The maximum atomic E-state index is 12.5. The first-order valence-corrected chi connectivity index (χ1v) is 9.78. The lowest BCUT2D eigenvalue weighted by Gasteiger charge is -2.26. The molecule has 0 aromatic heterocycles. The molecular formula is C21H23ClN2O3. The number of carbonyl (C=O) groups excluding carboxylic acids is 1. The van der Waals surface area contributed by atoms with Gasteiger partial charge in [0.15, 0.2) is 11.5 Å². The summed E-state index contributed by atoms with van der Waals surface area (Å²) in [6.07, 6.45) is 3.96. The summed E-state index contributed by atoms with van der Waals surface area (Å²) in [5, 5.41) is 6.76. The Labute approximate surface area is 164 Å². The molecule has 0 saturated carbocycles. The van der Waals surface area contributed by atoms with Gasteiger partial charge in [-0.05, 0) is 30.4 Å². The third-order valence-corrected chi connectivity index (χ3v) is 5.29. The molecule has 4 rings (SSSR count). The molecule has 0 bridgehead atoms. The van der Waals surface area contributed by atoms with E-state index in [9.17, 15) is 4.79 Å². The van der Waals surface area contributed by atoms with Crippen LogP contribution in [0.25, 0.3) is 0 Å². The van der Waals surface area contributed by atoms with Crippen molar-refractivity contribution in [1.82, 2.24) is 5.32 Å². The molecule has 0 spiro atoms. The van der Waals surface area contributed by atoms with Crippen LogP contribution in [0.5, 0.6) is 11.5 Å². The van der Waals surface area contributed by atoms with E-state index < -0.39 is 0 Å². The van der Waals surface area contributed by atoms with Crippen LogP contribution in [0, 0.1) is 0 Å². The van der Waals surface area contributed by atoms with Gasteiger partial charge in [-0.1, -0.05) is 35.9 Å². The first-order valence-electron chi connectivity index (χ1n) is 9.41. The fraction of sp³-hybridized carbons (Fsp3) is 0.381. The van der Waals surface area contributed by atoms with Crippen LogP contribution in [-0.4, -0.2) is 25.7 Å². The van der Waals surface area contributed by atoms with Gasteiger partial charge in [-0.2, -0.15) is 0 Å². The van der Waals surface area contributed by atoms with Crippen LogP contribution in [0.4, 0.5) is 5.69 Å². The second kappa shape index (κ2) is 8.09. The number of halogens is 1. The minimum Gasteiger partial charge on any atom is -0.490 e. The number of aryl methyl sites for hydroxylation is 1. The van der Waals surface area contributed by atoms with E-state index in [4.69, 9.17) is 21.1 Å². The van der Waals surface area contributed by atoms with Crippen LogP contribution in [0.2, 0.25) is 5.02 Å². The number of benzene rings is 2. The summed E-state index contributed by atoms with van der Waals surface area (Å²) in [6.45, 7) is 1.37. The third-order valence-electron chi connectivity index (χ3n) is 4.98. The predicted octanol–water partition coefficient (Wildman–Crippen LogP) is 4.11. The van der Waals surface area contributed by atoms with Gasteiger partial charge in [0, 0.05) is 18.6 Å². The summed E-state index contributed by atoms with van der Waals surface area (Å²) >= 11 is 6.33. The highest BCUT2D eigenvalue weighted by molar-refractivity contribution is 6.33. The Morgan fingerprint density at radius 2 is 1.89 bits per heavy atom. The van der Waals surface area contributed by atoms with E-state index >= 15 is 0 Å². The SMILES string of the molecule is O=C(CNc1cc2c(cc1Cl)OCCCO2)NC1CCCc2ccccc21. The number of hydrogen-bond donors (Lipinski definition) is 2. The summed E-state index contributed by atoms with van der Waals surface area (Å²) in [6, 6.07) is 11.9. The van der Waals surface area contributed by atoms with Crippen molar-refractivity contribution in [2.45, 2.75) is 31.7 Å². The first kappa shape index (κ1) is 18.0. The molecule has 27 heavy (non-hydrogen) atoms. The van der Waals surface area contributed by atoms with Crippen LogP contribution in [-0.2, 0) is 11.2 Å². The van der Waals surface area contributed by atoms with E-state index in [1.165, 1.54) is 11.1 Å². The molecule has 2 N–H and O–H groups in total. The number of amides is 1. The average molecular weight is 387 g/mol. The zero-order valence-corrected chi connectivity index (χ0v) is 15.8. The molecular weight excluding hydrogens is 364 g/mol. The van der Waals surface area contributed by atoms with E-state index in [0.717, 1.165) is 25.7 Å². The number of fused-ring (bicyclic) bond motifs is 2. The molecule has 0 saturated heterocycles. The van der Waals surface area contributed by atoms with Gasteiger partial charge in [0.2, 0.25) is 5.91 Å². The van der Waals surface area contributed by atoms with Crippen molar-refractivity contribution in [3.05, 3.63) is 52.5 Å². The Morgan fingerprint density at radius 3 is 2.74 bits per heavy atom. The van der Waals surface area contributed by atoms with Gasteiger partial charge < -0.3 is 20.1 Å². The monoisotopic (exact) mass is 386 g/mol. The van der Waals surface area contributed by atoms with Gasteiger partial charge in [-0.15, -0.1) is 0 Å². The topological polar surface area (TPSA) is 59.6 Å². The van der Waals surface area contributed by atoms with Crippen molar-refractivity contribution < 1.29 is 14.3 Å². The molecule has 6 heteroatoms. The van der Waals surface area contributed by atoms with Gasteiger partial charge in [0.05, 0.1) is 36.5 Å². The number of hydrogen-bond acceptors (Lipinski definition) is 4. The molecule has 1 aliphatic heterocycles. The van der Waals surface area contributed by atoms with Crippen LogP contribution in [0.15, 0.2) is 36.4 Å². The number of ether oxygens (including phenoxy) is 2. The van der Waals surface area contributed by atoms with Crippen molar-refractivity contribution in [1.29, 1.82) is 0 Å². The number of nitrogens with one attached hydrogen (secondary N) is 2. The quantitative estimate of drug-likeness (QED) is 0.830. The van der Waals surface area contributed by atoms with Crippen LogP contribution in [0.3, 0.4) is 0 Å². The van der Waals surface area contributed by atoms with Crippen molar-refractivity contribution in [2.75, 3.05) is 25.1 Å². The lowest BCUT2D eigenvalue weighted by Crippen LogP contribution is -2.35. The van der Waals surface area contributed by atoms with Gasteiger partial charge in [-0.3, -0.25) is 4.79 Å². The number of anilines is 1. The molecule has 1 heterocycles. The fourth-order valence-corrected chi connectivity index (χ4v) is 3.86. The zero-order valence-electron chi connectivity index (χ0n) is 15.1. The fourth-order valence-electron chi connectivity index (χ4n) is 3.64. The van der Waals surface area contributed by atoms with Gasteiger partial charge in [-0.25, -0.2) is 0 Å². The largest absolute Gasteiger partial charge is 0.490 e. The molecule has 2 aromatic carbocycles. The number of rotatable bonds is 4. The lowest BCUT2D eigenvalue weighted by atomic mass is 9.88. The molecule has 1 atom stereocenters. The molecule has 0 fully saturated rings. The van der Waals surface area contributed by atoms with Gasteiger partial charge in [0.1, 0.15) is 0 Å². The highest BCUT2D eigenvalue weighted by atomic mass is 35.5. The van der Waals surface area contributed by atoms with Crippen LogP contribution in [0.1, 0.15) is 36.4 Å². The first-order chi connectivity index (χ1) is 13.2. The molecule has 1 unspecified atom stereocenters. The minimum absolute atomic E-state index is 0.0557. The smallest absolute Gasteiger partial charge is 0.239 e. The highest BCUT2D eigenvalue weighted by Gasteiger charge is 2.21. The molecule has 142 valence electrons. The number of carbonyl (C=O) groups is 1. The normalized spacial score (nSPS) is 18.2. The summed E-state index contributed by atoms with van der Waals surface area (Å²) in [7, 11) is 0. The van der Waals surface area contributed by atoms with E-state index in [1.807, 2.05) is 6.07 Å². The Hall–Kier alpha value is -2.40. The summed E-state index contributed by atoms with van der Waals surface area (Å²) < 4.78 is 11.3. The summed E-state index contributed by atoms with van der Waals surface area (Å²) in [5.41, 5.74) is 3.22. The van der Waals surface area contributed by atoms with Crippen LogP contribution < -0.4 is 20.1 Å². The summed E-state index contributed by atoms with van der Waals surface area (Å²) in [5.74, 6) is 1.24. The van der Waals surface area contributed by atoms with Crippen molar-refractivity contribution in [3.8, 4) is 11.5 Å². The van der Waals surface area contributed by atoms with Gasteiger partial charge in [0.25, 0.3) is 0 Å². The standard InChI is InChI=1S/C21H23ClN2O3/c22-16-11-19-20(27-10-4-9-26-19)12-18(16)23-13-21(25)24-17-8-3-6-14-5-1-2-7-15(14)17/h1-2,5,7,11-12,17,23H,3-4,6,8-10,13H2,(H,24,25). The van der Waals surface area contributed by atoms with E-state index in [0.29, 0.717) is 35.4 Å². The molecule has 1 amide bonds. The van der Waals surface area contributed by atoms with Crippen molar-refractivity contribution >= 4 is 23.2 Å². The predicted molar refractivity (Wildman–Crippen MR) is 106 cm³/mol.